The zero-order valence-electron chi connectivity index (χ0n) is 10.6. The molecule has 1 heterocycles. The molecule has 0 aromatic carbocycles. The molecule has 0 bridgehead atoms. The molecule has 0 saturated carbocycles. The van der Waals surface area contributed by atoms with E-state index in [-0.39, 0.29) is 32.1 Å². The van der Waals surface area contributed by atoms with Crippen LogP contribution in [0.2, 0.25) is 0 Å². The first-order chi connectivity index (χ1) is 8.47. The highest BCUT2D eigenvalue weighted by molar-refractivity contribution is 5.40. The number of hydrogen-bond acceptors (Lipinski definition) is 6. The highest BCUT2D eigenvalue weighted by Gasteiger charge is 2.22. The molecule has 102 valence electrons. The van der Waals surface area contributed by atoms with E-state index in [2.05, 4.69) is 10.3 Å². The molecule has 1 rings (SSSR count). The molecule has 0 aliphatic rings. The fraction of sp³-hybridized carbons (Fsp3) is 0.583. The van der Waals surface area contributed by atoms with Gasteiger partial charge in [0.05, 0.1) is 31.1 Å². The number of aliphatic hydroxyl groups is 3. The zero-order chi connectivity index (χ0) is 13.8. The number of hydrogen-bond donors (Lipinski definition) is 5. The maximum atomic E-state index is 9.91. The molecule has 6 nitrogen and oxygen atoms in total. The van der Waals surface area contributed by atoms with E-state index in [1.165, 1.54) is 6.20 Å². The van der Waals surface area contributed by atoms with Gasteiger partial charge < -0.3 is 25.7 Å². The molecule has 5 N–H and O–H groups in total. The lowest BCUT2D eigenvalue weighted by Crippen LogP contribution is -2.48. The van der Waals surface area contributed by atoms with Crippen molar-refractivity contribution in [2.24, 2.45) is 0 Å². The lowest BCUT2D eigenvalue weighted by atomic mass is 10.0. The van der Waals surface area contributed by atoms with Crippen LogP contribution in [0.5, 0.6) is 5.75 Å². The van der Waals surface area contributed by atoms with Gasteiger partial charge in [-0.05, 0) is 13.8 Å². The third-order valence-corrected chi connectivity index (χ3v) is 2.99. The second-order valence-electron chi connectivity index (χ2n) is 4.58. The van der Waals surface area contributed by atoms with Crippen molar-refractivity contribution in [1.29, 1.82) is 0 Å². The first-order valence-electron chi connectivity index (χ1n) is 5.71. The van der Waals surface area contributed by atoms with Crippen LogP contribution >= 0.6 is 0 Å². The molecular weight excluding hydrogens is 236 g/mol. The highest BCUT2D eigenvalue weighted by atomic mass is 16.3. The summed E-state index contributed by atoms with van der Waals surface area (Å²) < 4.78 is 0. The Labute approximate surface area is 106 Å². The fourth-order valence-electron chi connectivity index (χ4n) is 1.48. The van der Waals surface area contributed by atoms with Crippen LogP contribution in [0.4, 0.5) is 0 Å². The van der Waals surface area contributed by atoms with Gasteiger partial charge in [-0.3, -0.25) is 4.98 Å². The van der Waals surface area contributed by atoms with Crippen LogP contribution in [0.3, 0.4) is 0 Å². The summed E-state index contributed by atoms with van der Waals surface area (Å²) in [6.45, 7) is 2.86. The first-order valence-corrected chi connectivity index (χ1v) is 5.71. The van der Waals surface area contributed by atoms with Gasteiger partial charge in [0.15, 0.2) is 0 Å². The van der Waals surface area contributed by atoms with E-state index in [0.29, 0.717) is 16.8 Å². The van der Waals surface area contributed by atoms with Crippen molar-refractivity contribution in [1.82, 2.24) is 10.3 Å². The Hall–Kier alpha value is -1.21. The molecule has 0 aliphatic carbocycles. The Balaban J connectivity index is 2.93. The van der Waals surface area contributed by atoms with Gasteiger partial charge in [0.25, 0.3) is 0 Å². The standard InChI is InChI=1S/C12H20N2O4/c1-8-11(18)10(9(5-15)3-13-8)4-14-12(2,6-16)7-17/h3,14-18H,4-7H2,1-2H3. The molecule has 0 aliphatic heterocycles. The predicted molar refractivity (Wildman–Crippen MR) is 66.0 cm³/mol. The number of rotatable bonds is 6. The molecule has 0 radical (unpaired) electrons. The molecule has 0 saturated heterocycles. The van der Waals surface area contributed by atoms with Crippen LogP contribution in [-0.4, -0.2) is 44.2 Å². The van der Waals surface area contributed by atoms with Gasteiger partial charge in [0.1, 0.15) is 5.75 Å². The first kappa shape index (κ1) is 14.8. The Morgan fingerprint density at radius 1 is 1.28 bits per heavy atom. The Morgan fingerprint density at radius 2 is 1.89 bits per heavy atom. The van der Waals surface area contributed by atoms with Crippen molar-refractivity contribution in [3.05, 3.63) is 23.0 Å². The van der Waals surface area contributed by atoms with Crippen LogP contribution in [0.25, 0.3) is 0 Å². The minimum absolute atomic E-state index is 0.0206. The molecule has 1 aromatic rings. The van der Waals surface area contributed by atoms with E-state index in [4.69, 9.17) is 10.2 Å². The average Bonchev–Trinajstić information content (AvgIpc) is 2.40. The van der Waals surface area contributed by atoms with Crippen molar-refractivity contribution in [2.75, 3.05) is 13.2 Å². The van der Waals surface area contributed by atoms with Crippen molar-refractivity contribution >= 4 is 0 Å². The van der Waals surface area contributed by atoms with Crippen LogP contribution in [0.1, 0.15) is 23.7 Å². The number of aryl methyl sites for hydroxylation is 1. The molecular formula is C12H20N2O4. The molecule has 6 heteroatoms. The van der Waals surface area contributed by atoms with Gasteiger partial charge in [-0.1, -0.05) is 0 Å². The maximum Gasteiger partial charge on any atom is 0.141 e. The number of aliphatic hydroxyl groups excluding tert-OH is 3. The van der Waals surface area contributed by atoms with E-state index in [9.17, 15) is 10.2 Å². The molecule has 0 unspecified atom stereocenters. The van der Waals surface area contributed by atoms with Gasteiger partial charge in [0.2, 0.25) is 0 Å². The third kappa shape index (κ3) is 3.17. The van der Waals surface area contributed by atoms with E-state index < -0.39 is 5.54 Å². The number of nitrogens with one attached hydrogen (secondary N) is 1. The molecule has 0 amide bonds. The van der Waals surface area contributed by atoms with Crippen molar-refractivity contribution in [3.8, 4) is 5.75 Å². The van der Waals surface area contributed by atoms with E-state index in [1.807, 2.05) is 0 Å². The quantitative estimate of drug-likeness (QED) is 0.466. The van der Waals surface area contributed by atoms with Crippen molar-refractivity contribution in [3.63, 3.8) is 0 Å². The number of aromatic nitrogens is 1. The van der Waals surface area contributed by atoms with Gasteiger partial charge in [-0.2, -0.15) is 0 Å². The van der Waals surface area contributed by atoms with Crippen molar-refractivity contribution in [2.45, 2.75) is 32.5 Å². The lowest BCUT2D eigenvalue weighted by Gasteiger charge is -2.27. The lowest BCUT2D eigenvalue weighted by molar-refractivity contribution is 0.103. The Kier molecular flexibility index (Phi) is 5.03. The highest BCUT2D eigenvalue weighted by Crippen LogP contribution is 2.24. The Bertz CT molecular complexity index is 405. The monoisotopic (exact) mass is 256 g/mol. The van der Waals surface area contributed by atoms with E-state index in [1.54, 1.807) is 13.8 Å². The minimum atomic E-state index is -0.837. The topological polar surface area (TPSA) is 106 Å². The maximum absolute atomic E-state index is 9.91. The number of aromatic hydroxyl groups is 1. The normalized spacial score (nSPS) is 11.8. The van der Waals surface area contributed by atoms with Crippen LogP contribution < -0.4 is 5.32 Å². The van der Waals surface area contributed by atoms with Gasteiger partial charge in [-0.15, -0.1) is 0 Å². The van der Waals surface area contributed by atoms with Crippen LogP contribution in [0.15, 0.2) is 6.20 Å². The van der Waals surface area contributed by atoms with Gasteiger partial charge >= 0.3 is 0 Å². The number of pyridine rings is 1. The SMILES string of the molecule is Cc1ncc(CO)c(CNC(C)(CO)CO)c1O. The summed E-state index contributed by atoms with van der Waals surface area (Å²) in [5.74, 6) is 0.0206. The fourth-order valence-corrected chi connectivity index (χ4v) is 1.48. The Morgan fingerprint density at radius 3 is 2.39 bits per heavy atom. The zero-order valence-corrected chi connectivity index (χ0v) is 10.6. The van der Waals surface area contributed by atoms with Crippen LogP contribution in [0, 0.1) is 6.92 Å². The summed E-state index contributed by atoms with van der Waals surface area (Å²) in [5, 5.41) is 40.4. The van der Waals surface area contributed by atoms with Gasteiger partial charge in [0, 0.05) is 23.9 Å². The molecule has 0 fully saturated rings. The average molecular weight is 256 g/mol. The summed E-state index contributed by atoms with van der Waals surface area (Å²) in [6, 6.07) is 0. The summed E-state index contributed by atoms with van der Waals surface area (Å²) in [4.78, 5) is 3.96. The summed E-state index contributed by atoms with van der Waals surface area (Å²) in [7, 11) is 0. The smallest absolute Gasteiger partial charge is 0.141 e. The number of nitrogens with zero attached hydrogens (tertiary/aromatic N) is 1. The van der Waals surface area contributed by atoms with E-state index >= 15 is 0 Å². The van der Waals surface area contributed by atoms with E-state index in [0.717, 1.165) is 0 Å². The summed E-state index contributed by atoms with van der Waals surface area (Å²) in [6.07, 6.45) is 1.50. The molecule has 0 atom stereocenters. The largest absolute Gasteiger partial charge is 0.506 e. The second kappa shape index (κ2) is 6.10. The van der Waals surface area contributed by atoms with Crippen LogP contribution in [-0.2, 0) is 13.2 Å². The molecule has 18 heavy (non-hydrogen) atoms. The second-order valence-corrected chi connectivity index (χ2v) is 4.58. The summed E-state index contributed by atoms with van der Waals surface area (Å²) >= 11 is 0. The molecule has 0 spiro atoms. The summed E-state index contributed by atoms with van der Waals surface area (Å²) in [5.41, 5.74) is 0.678. The van der Waals surface area contributed by atoms with Gasteiger partial charge in [-0.25, -0.2) is 0 Å². The predicted octanol–water partition coefficient (Wildman–Crippen LogP) is -0.579. The minimum Gasteiger partial charge on any atom is -0.506 e. The third-order valence-electron chi connectivity index (χ3n) is 2.99. The van der Waals surface area contributed by atoms with Crippen molar-refractivity contribution < 1.29 is 20.4 Å². The molecule has 1 aromatic heterocycles.